The Bertz CT molecular complexity index is 1750. The Balaban J connectivity index is 1.80. The van der Waals surface area contributed by atoms with Gasteiger partial charge in [0.25, 0.3) is 10.0 Å². The van der Waals surface area contributed by atoms with E-state index < -0.39 is 34.3 Å². The van der Waals surface area contributed by atoms with Crippen LogP contribution in [0.3, 0.4) is 0 Å². The third-order valence-electron chi connectivity index (χ3n) is 7.88. The lowest BCUT2D eigenvalue weighted by Gasteiger charge is -2.34. The predicted molar refractivity (Wildman–Crippen MR) is 184 cm³/mol. The van der Waals surface area contributed by atoms with Gasteiger partial charge < -0.3 is 19.7 Å². The second-order valence-corrected chi connectivity index (χ2v) is 13.2. The van der Waals surface area contributed by atoms with Crippen LogP contribution in [0.5, 0.6) is 11.5 Å². The maximum absolute atomic E-state index is 14.6. The lowest BCUT2D eigenvalue weighted by Crippen LogP contribution is -2.54. The van der Waals surface area contributed by atoms with Crippen molar-refractivity contribution in [1.82, 2.24) is 10.2 Å². The van der Waals surface area contributed by atoms with Crippen molar-refractivity contribution in [2.24, 2.45) is 0 Å². The number of hydrogen-bond acceptors (Lipinski definition) is 6. The molecule has 0 saturated carbocycles. The highest BCUT2D eigenvalue weighted by atomic mass is 32.2. The molecular weight excluding hydrogens is 633 g/mol. The number of nitrogens with one attached hydrogen (secondary N) is 1. The Morgan fingerprint density at radius 3 is 2.15 bits per heavy atom. The van der Waals surface area contributed by atoms with Crippen molar-refractivity contribution in [1.29, 1.82) is 0 Å². The zero-order valence-corrected chi connectivity index (χ0v) is 28.5. The van der Waals surface area contributed by atoms with Crippen LogP contribution in [-0.2, 0) is 32.6 Å². The number of sulfonamides is 1. The van der Waals surface area contributed by atoms with Crippen LogP contribution >= 0.6 is 0 Å². The van der Waals surface area contributed by atoms with Crippen molar-refractivity contribution in [2.45, 2.75) is 57.1 Å². The molecular formula is C37H42FN3O6S. The van der Waals surface area contributed by atoms with E-state index in [9.17, 15) is 22.4 Å². The van der Waals surface area contributed by atoms with Crippen LogP contribution in [0.1, 0.15) is 38.3 Å². The largest absolute Gasteiger partial charge is 0.497 e. The van der Waals surface area contributed by atoms with Gasteiger partial charge in [0.2, 0.25) is 11.8 Å². The highest BCUT2D eigenvalue weighted by Crippen LogP contribution is 2.27. The van der Waals surface area contributed by atoms with Gasteiger partial charge in [-0.3, -0.25) is 13.9 Å². The van der Waals surface area contributed by atoms with Gasteiger partial charge in [0, 0.05) is 19.0 Å². The van der Waals surface area contributed by atoms with Crippen molar-refractivity contribution in [3.63, 3.8) is 0 Å². The van der Waals surface area contributed by atoms with Gasteiger partial charge in [0.05, 0.1) is 24.3 Å². The number of benzene rings is 4. The molecule has 0 aromatic heterocycles. The summed E-state index contributed by atoms with van der Waals surface area (Å²) in [4.78, 5) is 29.9. The van der Waals surface area contributed by atoms with Crippen molar-refractivity contribution >= 4 is 27.5 Å². The molecule has 4 aromatic carbocycles. The number of halogens is 1. The third kappa shape index (κ3) is 9.34. The molecule has 1 N–H and O–H groups in total. The van der Waals surface area contributed by atoms with Crippen LogP contribution < -0.4 is 19.1 Å². The number of nitrogens with zero attached hydrogens (tertiary/aromatic N) is 2. The van der Waals surface area contributed by atoms with Gasteiger partial charge in [-0.2, -0.15) is 0 Å². The minimum Gasteiger partial charge on any atom is -0.497 e. The van der Waals surface area contributed by atoms with E-state index in [1.165, 1.54) is 48.4 Å². The number of anilines is 1. The highest BCUT2D eigenvalue weighted by Gasteiger charge is 2.35. The summed E-state index contributed by atoms with van der Waals surface area (Å²) in [5, 5.41) is 3.01. The summed E-state index contributed by atoms with van der Waals surface area (Å²) in [6, 6.07) is 26.0. The van der Waals surface area contributed by atoms with Gasteiger partial charge in [0.15, 0.2) is 0 Å². The molecule has 0 unspecified atom stereocenters. The molecule has 9 nitrogen and oxygen atoms in total. The molecule has 0 aliphatic rings. The number of rotatable bonds is 16. The molecule has 0 bridgehead atoms. The number of methoxy groups -OCH3 is 1. The quantitative estimate of drug-likeness (QED) is 0.157. The second-order valence-electron chi connectivity index (χ2n) is 11.3. The Kier molecular flexibility index (Phi) is 12.6. The molecule has 0 spiro atoms. The third-order valence-corrected chi connectivity index (χ3v) is 9.66. The Morgan fingerprint density at radius 2 is 1.52 bits per heavy atom. The summed E-state index contributed by atoms with van der Waals surface area (Å²) in [6.07, 6.45) is 0.854. The van der Waals surface area contributed by atoms with E-state index in [2.05, 4.69) is 5.32 Å². The number of hydrogen-bond donors (Lipinski definition) is 1. The zero-order valence-electron chi connectivity index (χ0n) is 27.6. The molecule has 4 aromatic rings. The molecule has 0 saturated heterocycles. The first kappa shape index (κ1) is 35.9. The minimum atomic E-state index is -4.35. The molecule has 48 heavy (non-hydrogen) atoms. The van der Waals surface area contributed by atoms with Gasteiger partial charge >= 0.3 is 0 Å². The summed E-state index contributed by atoms with van der Waals surface area (Å²) in [5.74, 6) is -0.507. The molecule has 0 radical (unpaired) electrons. The van der Waals surface area contributed by atoms with Crippen LogP contribution in [0.2, 0.25) is 0 Å². The highest BCUT2D eigenvalue weighted by molar-refractivity contribution is 7.92. The van der Waals surface area contributed by atoms with E-state index in [4.69, 9.17) is 9.47 Å². The van der Waals surface area contributed by atoms with Gasteiger partial charge in [0.1, 0.15) is 29.9 Å². The Morgan fingerprint density at radius 1 is 0.854 bits per heavy atom. The number of carbonyl (C=O) groups is 2. The monoisotopic (exact) mass is 675 g/mol. The Hall–Kier alpha value is -4.90. The SMILES string of the molecule is CCOc1ccc(S(=O)(=O)N(CC(=O)N(Cc2cccc(OC)c2)[C@@H](Cc2ccccc2)C(=O)N[C@@H](C)CC)c2ccc(F)cc2)cc1. The summed E-state index contributed by atoms with van der Waals surface area (Å²) in [7, 11) is -2.82. The van der Waals surface area contributed by atoms with Crippen LogP contribution in [-0.4, -0.2) is 57.5 Å². The maximum atomic E-state index is 14.6. The molecule has 0 aliphatic carbocycles. The average Bonchev–Trinajstić information content (AvgIpc) is 3.09. The maximum Gasteiger partial charge on any atom is 0.264 e. The lowest BCUT2D eigenvalue weighted by molar-refractivity contribution is -0.140. The van der Waals surface area contributed by atoms with E-state index in [1.807, 2.05) is 57.2 Å². The zero-order chi connectivity index (χ0) is 34.7. The molecule has 0 aliphatic heterocycles. The normalized spacial score (nSPS) is 12.4. The van der Waals surface area contributed by atoms with Crippen molar-refractivity contribution in [3.05, 3.63) is 120 Å². The summed E-state index contributed by atoms with van der Waals surface area (Å²) < 4.78 is 54.2. The summed E-state index contributed by atoms with van der Waals surface area (Å²) in [5.41, 5.74) is 1.59. The van der Waals surface area contributed by atoms with Crippen molar-refractivity contribution in [3.8, 4) is 11.5 Å². The average molecular weight is 676 g/mol. The molecule has 0 fully saturated rings. The lowest BCUT2D eigenvalue weighted by atomic mass is 10.0. The van der Waals surface area contributed by atoms with E-state index in [1.54, 1.807) is 18.2 Å². The first-order valence-electron chi connectivity index (χ1n) is 15.8. The Labute approximate surface area is 282 Å². The fourth-order valence-electron chi connectivity index (χ4n) is 5.10. The molecule has 0 heterocycles. The first-order valence-corrected chi connectivity index (χ1v) is 17.3. The molecule has 2 amide bonds. The number of amides is 2. The van der Waals surface area contributed by atoms with E-state index in [0.717, 1.165) is 22.0 Å². The number of ether oxygens (including phenoxy) is 2. The summed E-state index contributed by atoms with van der Waals surface area (Å²) >= 11 is 0. The molecule has 254 valence electrons. The standard InChI is InChI=1S/C37H42FN3O6S/c1-5-27(3)39-37(43)35(24-28-11-8-7-9-12-28)40(25-29-13-10-14-33(23-29)46-4)36(42)26-41(31-17-15-30(38)16-18-31)48(44,45)34-21-19-32(20-22-34)47-6-2/h7-23,27,35H,5-6,24-26H2,1-4H3,(H,39,43)/t27-,35-/m0/s1. The molecule has 11 heteroatoms. The fraction of sp³-hybridized carbons (Fsp3) is 0.297. The summed E-state index contributed by atoms with van der Waals surface area (Å²) in [6.45, 7) is 5.38. The van der Waals surface area contributed by atoms with Gasteiger partial charge in [-0.15, -0.1) is 0 Å². The van der Waals surface area contributed by atoms with Gasteiger partial charge in [-0.05, 0) is 92.1 Å². The molecule has 4 rings (SSSR count). The van der Waals surface area contributed by atoms with Crippen molar-refractivity contribution in [2.75, 3.05) is 24.6 Å². The van der Waals surface area contributed by atoms with Crippen LogP contribution in [0.15, 0.2) is 108 Å². The predicted octanol–water partition coefficient (Wildman–Crippen LogP) is 5.98. The van der Waals surface area contributed by atoms with Crippen LogP contribution in [0.4, 0.5) is 10.1 Å². The fourth-order valence-corrected chi connectivity index (χ4v) is 6.51. The van der Waals surface area contributed by atoms with E-state index in [0.29, 0.717) is 30.1 Å². The van der Waals surface area contributed by atoms with E-state index in [-0.39, 0.29) is 35.5 Å². The van der Waals surface area contributed by atoms with Crippen molar-refractivity contribution < 1.29 is 31.9 Å². The van der Waals surface area contributed by atoms with Crippen LogP contribution in [0, 0.1) is 5.82 Å². The topological polar surface area (TPSA) is 105 Å². The second kappa shape index (κ2) is 16.8. The van der Waals surface area contributed by atoms with Crippen LogP contribution in [0.25, 0.3) is 0 Å². The van der Waals surface area contributed by atoms with E-state index >= 15 is 0 Å². The van der Waals surface area contributed by atoms with Gasteiger partial charge in [-0.1, -0.05) is 49.4 Å². The number of carbonyl (C=O) groups excluding carboxylic acids is 2. The van der Waals surface area contributed by atoms with Gasteiger partial charge in [-0.25, -0.2) is 12.8 Å². The smallest absolute Gasteiger partial charge is 0.264 e. The first-order chi connectivity index (χ1) is 23.0. The molecule has 2 atom stereocenters. The minimum absolute atomic E-state index is 0.0121.